The van der Waals surface area contributed by atoms with Gasteiger partial charge in [-0.1, -0.05) is 23.8 Å². The quantitative estimate of drug-likeness (QED) is 0.347. The molecule has 0 radical (unpaired) electrons. The van der Waals surface area contributed by atoms with Crippen molar-refractivity contribution >= 4 is 28.3 Å². The van der Waals surface area contributed by atoms with Gasteiger partial charge in [0.05, 0.1) is 23.2 Å². The van der Waals surface area contributed by atoms with Gasteiger partial charge in [-0.2, -0.15) is 5.26 Å². The second-order valence-electron chi connectivity index (χ2n) is 13.1. The zero-order valence-corrected chi connectivity index (χ0v) is 26.5. The van der Waals surface area contributed by atoms with E-state index in [4.69, 9.17) is 9.72 Å². The summed E-state index contributed by atoms with van der Waals surface area (Å²) in [6.45, 7) is 7.79. The van der Waals surface area contributed by atoms with E-state index in [0.29, 0.717) is 17.2 Å². The third-order valence-corrected chi connectivity index (χ3v) is 10.9. The number of carbonyl (C=O) groups excluding carboxylic acids is 1. The molecule has 1 N–H and O–H groups in total. The molecule has 2 saturated heterocycles. The summed E-state index contributed by atoms with van der Waals surface area (Å²) >= 11 is 1.59. The first-order valence-corrected chi connectivity index (χ1v) is 16.9. The van der Waals surface area contributed by atoms with E-state index >= 15 is 0 Å². The SMILES string of the molecule is Cc1ccc(OCc2ccc(CN3CCN(C(=O)C4CC4)CC3)cc2C#N)c(-c2csc(N3CC4CCC(C3)C4C(=O)O)n2)c1. The van der Waals surface area contributed by atoms with Crippen LogP contribution in [0.4, 0.5) is 5.13 Å². The number of piperidine rings is 1. The van der Waals surface area contributed by atoms with Crippen LogP contribution in [0.2, 0.25) is 0 Å². The summed E-state index contributed by atoms with van der Waals surface area (Å²) in [4.78, 5) is 35.8. The molecule has 2 saturated carbocycles. The highest BCUT2D eigenvalue weighted by Gasteiger charge is 2.46. The Labute approximate surface area is 268 Å². The van der Waals surface area contributed by atoms with Crippen molar-refractivity contribution in [2.24, 2.45) is 23.7 Å². The lowest BCUT2D eigenvalue weighted by atomic mass is 9.85. The Hall–Kier alpha value is -3.94. The number of ether oxygens (including phenoxy) is 1. The zero-order chi connectivity index (χ0) is 31.1. The second-order valence-corrected chi connectivity index (χ2v) is 14.0. The van der Waals surface area contributed by atoms with E-state index in [-0.39, 0.29) is 30.3 Å². The van der Waals surface area contributed by atoms with Crippen LogP contribution < -0.4 is 9.64 Å². The van der Waals surface area contributed by atoms with Gasteiger partial charge in [0, 0.05) is 68.2 Å². The lowest BCUT2D eigenvalue weighted by Gasteiger charge is -2.35. The number of carboxylic acid groups (broad SMARTS) is 1. The van der Waals surface area contributed by atoms with E-state index < -0.39 is 5.97 Å². The van der Waals surface area contributed by atoms with Crippen molar-refractivity contribution in [1.29, 1.82) is 5.26 Å². The van der Waals surface area contributed by atoms with Gasteiger partial charge >= 0.3 is 5.97 Å². The number of nitriles is 1. The molecule has 234 valence electrons. The molecule has 9 nitrogen and oxygen atoms in total. The minimum atomic E-state index is -0.658. The Kier molecular flexibility index (Phi) is 8.23. The molecular weight excluding hydrogens is 586 g/mol. The number of hydrogen-bond acceptors (Lipinski definition) is 8. The van der Waals surface area contributed by atoms with E-state index in [1.165, 1.54) is 0 Å². The summed E-state index contributed by atoms with van der Waals surface area (Å²) in [7, 11) is 0. The number of carboxylic acids is 1. The maximum atomic E-state index is 12.4. The number of carbonyl (C=O) groups is 2. The Morgan fingerprint density at radius 2 is 1.80 bits per heavy atom. The monoisotopic (exact) mass is 625 g/mol. The highest BCUT2D eigenvalue weighted by atomic mass is 32.1. The topological polar surface area (TPSA) is 110 Å². The number of thiazole rings is 1. The molecule has 1 amide bonds. The molecule has 2 aromatic carbocycles. The number of fused-ring (bicyclic) bond motifs is 2. The molecule has 3 aromatic rings. The lowest BCUT2D eigenvalue weighted by molar-refractivity contribution is -0.144. The summed E-state index contributed by atoms with van der Waals surface area (Å²) in [5, 5.41) is 22.7. The number of nitrogens with zero attached hydrogens (tertiary/aromatic N) is 5. The largest absolute Gasteiger partial charge is 0.488 e. The fraction of sp³-hybridized carbons (Fsp3) is 0.486. The molecule has 2 atom stereocenters. The van der Waals surface area contributed by atoms with Gasteiger partial charge in [-0.15, -0.1) is 11.3 Å². The summed E-state index contributed by atoms with van der Waals surface area (Å²) < 4.78 is 6.35. The maximum Gasteiger partial charge on any atom is 0.307 e. The number of aliphatic carboxylic acids is 1. The van der Waals surface area contributed by atoms with Crippen molar-refractivity contribution in [2.75, 3.05) is 44.2 Å². The van der Waals surface area contributed by atoms with Crippen LogP contribution in [-0.2, 0) is 22.7 Å². The fourth-order valence-electron chi connectivity index (χ4n) is 7.37. The number of aryl methyl sites for hydroxylation is 1. The zero-order valence-electron chi connectivity index (χ0n) is 25.7. The molecule has 2 aliphatic carbocycles. The third kappa shape index (κ3) is 6.29. The average molecular weight is 626 g/mol. The summed E-state index contributed by atoms with van der Waals surface area (Å²) in [6, 6.07) is 14.5. The van der Waals surface area contributed by atoms with Gasteiger partial charge in [-0.05, 0) is 68.2 Å². The standard InChI is InChI=1S/C35H39N5O4S/c1-22-2-9-31(29(14-22)30-21-45-35(37-30)40-18-25-7-8-26(19-40)32(25)34(42)43)44-20-27-4-3-23(15-28(27)16-36)17-38-10-12-39(13-11-38)33(41)24-5-6-24/h2-4,9,14-15,21,24-26,32H,5-8,10-13,17-20H2,1H3,(H,42,43). The molecular formula is C35H39N5O4S. The molecule has 10 heteroatoms. The summed E-state index contributed by atoms with van der Waals surface area (Å²) in [5.41, 5.74) is 5.39. The van der Waals surface area contributed by atoms with Crippen LogP contribution in [-0.4, -0.2) is 71.0 Å². The minimum absolute atomic E-state index is 0.181. The van der Waals surface area contributed by atoms with Gasteiger partial charge < -0.3 is 19.6 Å². The van der Waals surface area contributed by atoms with E-state index in [1.54, 1.807) is 11.3 Å². The smallest absolute Gasteiger partial charge is 0.307 e. The van der Waals surface area contributed by atoms with Crippen LogP contribution >= 0.6 is 11.3 Å². The van der Waals surface area contributed by atoms with Crippen molar-refractivity contribution < 1.29 is 19.4 Å². The van der Waals surface area contributed by atoms with Gasteiger partial charge in [0.15, 0.2) is 5.13 Å². The van der Waals surface area contributed by atoms with Crippen LogP contribution in [0.1, 0.15) is 47.9 Å². The number of aromatic nitrogens is 1. The first kappa shape index (κ1) is 29.8. The molecule has 2 bridgehead atoms. The number of benzene rings is 2. The van der Waals surface area contributed by atoms with Crippen LogP contribution in [0.15, 0.2) is 41.8 Å². The molecule has 4 aliphatic rings. The van der Waals surface area contributed by atoms with Crippen molar-refractivity contribution in [1.82, 2.24) is 14.8 Å². The molecule has 2 unspecified atom stereocenters. The molecule has 0 spiro atoms. The van der Waals surface area contributed by atoms with Crippen molar-refractivity contribution in [3.63, 3.8) is 0 Å². The van der Waals surface area contributed by atoms with E-state index in [9.17, 15) is 20.0 Å². The maximum absolute atomic E-state index is 12.4. The van der Waals surface area contributed by atoms with Crippen LogP contribution in [0.25, 0.3) is 11.3 Å². The van der Waals surface area contributed by atoms with Crippen LogP contribution in [0.3, 0.4) is 0 Å². The number of amides is 1. The average Bonchev–Trinajstić information content (AvgIpc) is 3.71. The fourth-order valence-corrected chi connectivity index (χ4v) is 8.21. The first-order chi connectivity index (χ1) is 21.9. The number of piperazine rings is 1. The molecule has 1 aromatic heterocycles. The van der Waals surface area contributed by atoms with E-state index in [2.05, 4.69) is 33.4 Å². The molecule has 4 fully saturated rings. The van der Waals surface area contributed by atoms with Crippen LogP contribution in [0, 0.1) is 41.9 Å². The second kappa shape index (κ2) is 12.5. The molecule has 2 aliphatic heterocycles. The highest BCUT2D eigenvalue weighted by molar-refractivity contribution is 7.14. The Morgan fingerprint density at radius 3 is 2.49 bits per heavy atom. The summed E-state index contributed by atoms with van der Waals surface area (Å²) in [5.74, 6) is 0.776. The third-order valence-electron chi connectivity index (χ3n) is 9.99. The van der Waals surface area contributed by atoms with Crippen molar-refractivity contribution in [2.45, 2.75) is 45.8 Å². The normalized spacial score (nSPS) is 23.2. The first-order valence-electron chi connectivity index (χ1n) is 16.1. The Morgan fingerprint density at radius 1 is 1.04 bits per heavy atom. The minimum Gasteiger partial charge on any atom is -0.488 e. The number of rotatable bonds is 9. The van der Waals surface area contributed by atoms with Gasteiger partial charge in [0.25, 0.3) is 0 Å². The molecule has 7 rings (SSSR count). The van der Waals surface area contributed by atoms with Crippen molar-refractivity contribution in [3.8, 4) is 23.1 Å². The van der Waals surface area contributed by atoms with E-state index in [0.717, 1.165) is 105 Å². The van der Waals surface area contributed by atoms with Gasteiger partial charge in [-0.25, -0.2) is 4.98 Å². The van der Waals surface area contributed by atoms with Crippen molar-refractivity contribution in [3.05, 3.63) is 64.0 Å². The number of anilines is 1. The molecule has 3 heterocycles. The van der Waals surface area contributed by atoms with E-state index in [1.807, 2.05) is 36.1 Å². The number of hydrogen-bond donors (Lipinski definition) is 1. The van der Waals surface area contributed by atoms with Gasteiger partial charge in [-0.3, -0.25) is 14.5 Å². The summed E-state index contributed by atoms with van der Waals surface area (Å²) in [6.07, 6.45) is 4.02. The van der Waals surface area contributed by atoms with Gasteiger partial charge in [0.2, 0.25) is 5.91 Å². The molecule has 45 heavy (non-hydrogen) atoms. The Bertz CT molecular complexity index is 1620. The van der Waals surface area contributed by atoms with Crippen LogP contribution in [0.5, 0.6) is 5.75 Å². The predicted octanol–water partition coefficient (Wildman–Crippen LogP) is 5.17. The predicted molar refractivity (Wildman–Crippen MR) is 172 cm³/mol. The van der Waals surface area contributed by atoms with Gasteiger partial charge in [0.1, 0.15) is 12.4 Å². The highest BCUT2D eigenvalue weighted by Crippen LogP contribution is 2.44. The lowest BCUT2D eigenvalue weighted by Crippen LogP contribution is -2.48. The Balaban J connectivity index is 1.00.